The van der Waals surface area contributed by atoms with E-state index in [0.717, 1.165) is 16.5 Å². The first-order chi connectivity index (χ1) is 15.3. The van der Waals surface area contributed by atoms with Crippen molar-refractivity contribution in [3.8, 4) is 0 Å². The van der Waals surface area contributed by atoms with Crippen LogP contribution < -0.4 is 0 Å². The first-order valence-electron chi connectivity index (χ1n) is 10.4. The van der Waals surface area contributed by atoms with E-state index < -0.39 is 23.5 Å². The Labute approximate surface area is 185 Å². The molecular formula is C25H25FN2O4. The fourth-order valence-corrected chi connectivity index (χ4v) is 4.35. The van der Waals surface area contributed by atoms with Crippen molar-refractivity contribution in [2.75, 3.05) is 20.3 Å². The number of nitrogens with zero attached hydrogens (tertiary/aromatic N) is 2. The molecule has 1 saturated heterocycles. The summed E-state index contributed by atoms with van der Waals surface area (Å²) >= 11 is 0. The highest BCUT2D eigenvalue weighted by Gasteiger charge is 2.46. The largest absolute Gasteiger partial charge is 0.507 e. The number of carbonyl (C=O) groups excluding carboxylic acids is 2. The highest BCUT2D eigenvalue weighted by atomic mass is 19.1. The Bertz CT molecular complexity index is 1240. The molecule has 0 bridgehead atoms. The van der Waals surface area contributed by atoms with Crippen LogP contribution in [0.25, 0.3) is 16.7 Å². The van der Waals surface area contributed by atoms with E-state index in [1.165, 1.54) is 23.1 Å². The van der Waals surface area contributed by atoms with Gasteiger partial charge in [-0.15, -0.1) is 0 Å². The average Bonchev–Trinajstić information content (AvgIpc) is 3.24. The molecule has 1 aromatic heterocycles. The number of likely N-dealkylation sites (tertiary alicyclic amines) is 1. The number of aliphatic hydroxyl groups is 1. The Morgan fingerprint density at radius 1 is 1.19 bits per heavy atom. The molecule has 166 valence electrons. The fraction of sp³-hybridized carbons (Fsp3) is 0.280. The van der Waals surface area contributed by atoms with Crippen LogP contribution >= 0.6 is 0 Å². The number of methoxy groups -OCH3 is 1. The standard InChI is InChI=1S/C25H25FN2O4/c1-15-13-16(9-10-19(15)26)23(29)21-22(28(11-6-12-32-3)25(31)24(21)30)18-14-27(2)20-8-5-4-7-17(18)20/h4-5,7-10,13-14,22,29H,6,11-12H2,1-3H3/b23-21+. The van der Waals surface area contributed by atoms with Crippen molar-refractivity contribution in [2.24, 2.45) is 7.05 Å². The van der Waals surface area contributed by atoms with E-state index >= 15 is 0 Å². The maximum Gasteiger partial charge on any atom is 0.295 e. The van der Waals surface area contributed by atoms with Gasteiger partial charge in [0.1, 0.15) is 11.6 Å². The molecule has 1 N–H and O–H groups in total. The summed E-state index contributed by atoms with van der Waals surface area (Å²) in [6, 6.07) is 11.1. The van der Waals surface area contributed by atoms with Gasteiger partial charge in [-0.05, 0) is 43.2 Å². The summed E-state index contributed by atoms with van der Waals surface area (Å²) in [7, 11) is 3.47. The molecule has 0 aliphatic carbocycles. The molecule has 2 heterocycles. The molecule has 3 aromatic rings. The van der Waals surface area contributed by atoms with Gasteiger partial charge in [0.05, 0.1) is 11.6 Å². The zero-order chi connectivity index (χ0) is 23.0. The van der Waals surface area contributed by atoms with E-state index in [1.54, 1.807) is 14.0 Å². The molecule has 32 heavy (non-hydrogen) atoms. The summed E-state index contributed by atoms with van der Waals surface area (Å²) < 4.78 is 20.8. The summed E-state index contributed by atoms with van der Waals surface area (Å²) in [5.74, 6) is -2.13. The lowest BCUT2D eigenvalue weighted by molar-refractivity contribution is -0.140. The van der Waals surface area contributed by atoms with Crippen molar-refractivity contribution in [3.63, 3.8) is 0 Å². The normalized spacial score (nSPS) is 18.1. The van der Waals surface area contributed by atoms with Crippen molar-refractivity contribution in [3.05, 3.63) is 76.7 Å². The van der Waals surface area contributed by atoms with Gasteiger partial charge in [-0.25, -0.2) is 4.39 Å². The molecule has 1 atom stereocenters. The Morgan fingerprint density at radius 3 is 2.66 bits per heavy atom. The summed E-state index contributed by atoms with van der Waals surface area (Å²) in [6.45, 7) is 2.31. The summed E-state index contributed by atoms with van der Waals surface area (Å²) in [4.78, 5) is 27.6. The Morgan fingerprint density at radius 2 is 1.94 bits per heavy atom. The number of rotatable bonds is 6. The third kappa shape index (κ3) is 3.58. The molecular weight excluding hydrogens is 411 g/mol. The molecule has 6 nitrogen and oxygen atoms in total. The Hall–Kier alpha value is -3.45. The molecule has 1 aliphatic heterocycles. The van der Waals surface area contributed by atoms with Crippen LogP contribution in [0.3, 0.4) is 0 Å². The Kier molecular flexibility index (Phi) is 5.84. The number of halogens is 1. The van der Waals surface area contributed by atoms with Gasteiger partial charge < -0.3 is 19.3 Å². The number of benzene rings is 2. The van der Waals surface area contributed by atoms with Crippen LogP contribution in [0.4, 0.5) is 4.39 Å². The fourth-order valence-electron chi connectivity index (χ4n) is 4.35. The van der Waals surface area contributed by atoms with Crippen molar-refractivity contribution >= 4 is 28.4 Å². The molecule has 0 saturated carbocycles. The molecule has 1 amide bonds. The third-order valence-electron chi connectivity index (χ3n) is 5.94. The number of hydrogen-bond donors (Lipinski definition) is 1. The Balaban J connectivity index is 1.93. The summed E-state index contributed by atoms with van der Waals surface area (Å²) in [6.07, 6.45) is 2.42. The van der Waals surface area contributed by atoms with Crippen molar-refractivity contribution < 1.29 is 23.8 Å². The van der Waals surface area contributed by atoms with Gasteiger partial charge in [-0.2, -0.15) is 0 Å². The van der Waals surface area contributed by atoms with Gasteiger partial charge in [0.25, 0.3) is 11.7 Å². The van der Waals surface area contributed by atoms with Crippen LogP contribution in [-0.4, -0.2) is 46.5 Å². The first-order valence-corrected chi connectivity index (χ1v) is 10.4. The van der Waals surface area contributed by atoms with Crippen LogP contribution in [0.1, 0.15) is 29.2 Å². The summed E-state index contributed by atoms with van der Waals surface area (Å²) in [5, 5.41) is 12.0. The van der Waals surface area contributed by atoms with Gasteiger partial charge in [0.2, 0.25) is 0 Å². The molecule has 0 spiro atoms. The number of ketones is 1. The second kappa shape index (κ2) is 8.59. The van der Waals surface area contributed by atoms with Gasteiger partial charge in [-0.1, -0.05) is 18.2 Å². The van der Waals surface area contributed by atoms with Gasteiger partial charge in [0.15, 0.2) is 0 Å². The number of Topliss-reactive ketones (excluding diaryl/α,β-unsaturated/α-hetero) is 1. The monoisotopic (exact) mass is 436 g/mol. The van der Waals surface area contributed by atoms with Crippen LogP contribution in [0.2, 0.25) is 0 Å². The third-order valence-corrected chi connectivity index (χ3v) is 5.94. The summed E-state index contributed by atoms with van der Waals surface area (Å²) in [5.41, 5.74) is 2.34. The van der Waals surface area contributed by atoms with Gasteiger partial charge in [0, 0.05) is 55.5 Å². The molecule has 7 heteroatoms. The minimum absolute atomic E-state index is 0.00905. The number of ether oxygens (including phenoxy) is 1. The lowest BCUT2D eigenvalue weighted by atomic mass is 9.94. The number of aliphatic hydroxyl groups excluding tert-OH is 1. The van der Waals surface area contributed by atoms with Crippen molar-refractivity contribution in [1.82, 2.24) is 9.47 Å². The molecule has 1 unspecified atom stereocenters. The zero-order valence-corrected chi connectivity index (χ0v) is 18.3. The second-order valence-electron chi connectivity index (χ2n) is 8.02. The highest BCUT2D eigenvalue weighted by Crippen LogP contribution is 2.42. The minimum Gasteiger partial charge on any atom is -0.507 e. The van der Waals surface area contributed by atoms with Crippen LogP contribution in [0.15, 0.2) is 54.2 Å². The number of hydrogen-bond acceptors (Lipinski definition) is 4. The van der Waals surface area contributed by atoms with Crippen LogP contribution in [0, 0.1) is 12.7 Å². The lowest BCUT2D eigenvalue weighted by Crippen LogP contribution is -2.31. The van der Waals surface area contributed by atoms with E-state index in [1.807, 2.05) is 42.1 Å². The molecule has 4 rings (SSSR count). The van der Waals surface area contributed by atoms with Crippen LogP contribution in [0.5, 0.6) is 0 Å². The van der Waals surface area contributed by atoms with E-state index in [-0.39, 0.29) is 11.3 Å². The van der Waals surface area contributed by atoms with Gasteiger partial charge >= 0.3 is 0 Å². The average molecular weight is 436 g/mol. The molecule has 1 aliphatic rings. The number of carbonyl (C=O) groups is 2. The van der Waals surface area contributed by atoms with E-state index in [2.05, 4.69) is 0 Å². The SMILES string of the molecule is COCCCN1C(=O)C(=O)/C(=C(/O)c2ccc(F)c(C)c2)C1c1cn(C)c2ccccc12. The maximum absolute atomic E-state index is 13.8. The smallest absolute Gasteiger partial charge is 0.295 e. The highest BCUT2D eigenvalue weighted by molar-refractivity contribution is 6.46. The second-order valence-corrected chi connectivity index (χ2v) is 8.02. The van der Waals surface area contributed by atoms with Crippen molar-refractivity contribution in [2.45, 2.75) is 19.4 Å². The van der Waals surface area contributed by atoms with E-state index in [9.17, 15) is 19.1 Å². The first kappa shape index (κ1) is 21.8. The van der Waals surface area contributed by atoms with Crippen molar-refractivity contribution in [1.29, 1.82) is 0 Å². The van der Waals surface area contributed by atoms with E-state index in [0.29, 0.717) is 30.7 Å². The number of fused-ring (bicyclic) bond motifs is 1. The predicted molar refractivity (Wildman–Crippen MR) is 120 cm³/mol. The lowest BCUT2D eigenvalue weighted by Gasteiger charge is -2.24. The number of para-hydroxylation sites is 1. The molecule has 0 radical (unpaired) electrons. The minimum atomic E-state index is -0.761. The maximum atomic E-state index is 13.8. The van der Waals surface area contributed by atoms with Crippen LogP contribution in [-0.2, 0) is 21.4 Å². The van der Waals surface area contributed by atoms with E-state index in [4.69, 9.17) is 4.74 Å². The number of amides is 1. The number of aromatic nitrogens is 1. The number of aryl methyl sites for hydroxylation is 2. The molecule has 1 fully saturated rings. The topological polar surface area (TPSA) is 71.8 Å². The quantitative estimate of drug-likeness (QED) is 0.274. The zero-order valence-electron chi connectivity index (χ0n) is 18.3. The predicted octanol–water partition coefficient (Wildman–Crippen LogP) is 4.08. The molecule has 2 aromatic carbocycles. The van der Waals surface area contributed by atoms with Gasteiger partial charge in [-0.3, -0.25) is 9.59 Å².